The summed E-state index contributed by atoms with van der Waals surface area (Å²) in [5, 5.41) is 9.37. The highest BCUT2D eigenvalue weighted by Crippen LogP contribution is 2.48. The van der Waals surface area contributed by atoms with E-state index in [1.54, 1.807) is 6.07 Å². The minimum absolute atomic E-state index is 0.196. The summed E-state index contributed by atoms with van der Waals surface area (Å²) in [7, 11) is 0. The summed E-state index contributed by atoms with van der Waals surface area (Å²) in [4.78, 5) is 23.5. The molecule has 26 heavy (non-hydrogen) atoms. The lowest BCUT2D eigenvalue weighted by molar-refractivity contribution is -0.115. The van der Waals surface area contributed by atoms with Crippen LogP contribution in [0.15, 0.2) is 60.2 Å². The smallest absolute Gasteiger partial charge is 0.335 e. The molecule has 0 bridgehead atoms. The average Bonchev–Trinajstić information content (AvgIpc) is 2.79. The molecule has 1 N–H and O–H groups in total. The SMILES string of the molecule is O=C1C=C2CCCc3cc(C(=O)O)ccc3C2(Cc2ccccc2)CC1. The predicted octanol–water partition coefficient (Wildman–Crippen LogP) is 4.49. The summed E-state index contributed by atoms with van der Waals surface area (Å²) < 4.78 is 0. The van der Waals surface area contributed by atoms with E-state index in [1.807, 2.05) is 24.3 Å². The third-order valence-corrected chi connectivity index (χ3v) is 5.86. The van der Waals surface area contributed by atoms with Gasteiger partial charge in [0.05, 0.1) is 5.56 Å². The number of hydrogen-bond acceptors (Lipinski definition) is 2. The average molecular weight is 346 g/mol. The normalized spacial score (nSPS) is 22.0. The predicted molar refractivity (Wildman–Crippen MR) is 100 cm³/mol. The third-order valence-electron chi connectivity index (χ3n) is 5.86. The third kappa shape index (κ3) is 2.88. The number of carboxylic acids is 1. The number of fused-ring (bicyclic) bond motifs is 3. The van der Waals surface area contributed by atoms with Crippen molar-refractivity contribution in [2.45, 2.75) is 43.9 Å². The molecular weight excluding hydrogens is 324 g/mol. The number of aryl methyl sites for hydroxylation is 1. The van der Waals surface area contributed by atoms with Gasteiger partial charge in [-0.15, -0.1) is 0 Å². The number of benzene rings is 2. The van der Waals surface area contributed by atoms with E-state index in [2.05, 4.69) is 24.3 Å². The second kappa shape index (κ2) is 6.56. The zero-order chi connectivity index (χ0) is 18.1. The molecule has 2 aromatic carbocycles. The molecule has 0 radical (unpaired) electrons. The van der Waals surface area contributed by atoms with Crippen LogP contribution in [-0.4, -0.2) is 16.9 Å². The summed E-state index contributed by atoms with van der Waals surface area (Å²) in [5.74, 6) is -0.668. The van der Waals surface area contributed by atoms with Crippen molar-refractivity contribution in [1.29, 1.82) is 0 Å². The Morgan fingerprint density at radius 3 is 2.62 bits per heavy atom. The number of ketones is 1. The van der Waals surface area contributed by atoms with Crippen LogP contribution < -0.4 is 0 Å². The first kappa shape index (κ1) is 16.8. The molecule has 1 unspecified atom stereocenters. The molecule has 4 rings (SSSR count). The van der Waals surface area contributed by atoms with Gasteiger partial charge in [-0.25, -0.2) is 4.79 Å². The van der Waals surface area contributed by atoms with Crippen LogP contribution >= 0.6 is 0 Å². The maximum atomic E-state index is 12.1. The van der Waals surface area contributed by atoms with Crippen LogP contribution in [0.5, 0.6) is 0 Å². The Hall–Kier alpha value is -2.68. The van der Waals surface area contributed by atoms with Crippen LogP contribution in [0.3, 0.4) is 0 Å². The van der Waals surface area contributed by atoms with Gasteiger partial charge in [-0.2, -0.15) is 0 Å². The monoisotopic (exact) mass is 346 g/mol. The van der Waals surface area contributed by atoms with Gasteiger partial charge < -0.3 is 5.11 Å². The van der Waals surface area contributed by atoms with Crippen molar-refractivity contribution in [2.75, 3.05) is 0 Å². The van der Waals surface area contributed by atoms with Crippen LogP contribution in [0, 0.1) is 0 Å². The molecule has 0 saturated heterocycles. The van der Waals surface area contributed by atoms with E-state index < -0.39 is 5.97 Å². The van der Waals surface area contributed by atoms with Crippen molar-refractivity contribution in [3.05, 3.63) is 82.4 Å². The highest BCUT2D eigenvalue weighted by atomic mass is 16.4. The number of rotatable bonds is 3. The lowest BCUT2D eigenvalue weighted by Gasteiger charge is -2.39. The van der Waals surface area contributed by atoms with Crippen molar-refractivity contribution in [2.24, 2.45) is 0 Å². The first-order valence-electron chi connectivity index (χ1n) is 9.23. The molecule has 0 aromatic heterocycles. The fraction of sp³-hybridized carbons (Fsp3) is 0.304. The topological polar surface area (TPSA) is 54.4 Å². The fourth-order valence-corrected chi connectivity index (χ4v) is 4.63. The first-order chi connectivity index (χ1) is 12.6. The number of allylic oxidation sites excluding steroid dienone is 2. The Morgan fingerprint density at radius 1 is 1.04 bits per heavy atom. The number of aromatic carboxylic acids is 1. The van der Waals surface area contributed by atoms with Crippen LogP contribution in [0.4, 0.5) is 0 Å². The van der Waals surface area contributed by atoms with E-state index in [0.717, 1.165) is 37.7 Å². The van der Waals surface area contributed by atoms with E-state index in [4.69, 9.17) is 0 Å². The molecular formula is C23H22O3. The fourth-order valence-electron chi connectivity index (χ4n) is 4.63. The standard InChI is InChI=1S/C23H22O3/c24-20-11-12-23(15-16-5-2-1-3-6-16)19(14-20)8-4-7-17-13-18(22(25)26)9-10-21(17)23/h1-3,5-6,9-10,13-14H,4,7-8,11-12,15H2,(H,25,26). The Kier molecular flexibility index (Phi) is 4.23. The maximum absolute atomic E-state index is 12.1. The molecule has 1 atom stereocenters. The molecule has 0 saturated carbocycles. The van der Waals surface area contributed by atoms with Crippen molar-refractivity contribution >= 4 is 11.8 Å². The molecule has 2 aliphatic carbocycles. The van der Waals surface area contributed by atoms with Crippen molar-refractivity contribution in [1.82, 2.24) is 0 Å². The molecule has 0 fully saturated rings. The molecule has 0 aliphatic heterocycles. The molecule has 3 nitrogen and oxygen atoms in total. The van der Waals surface area contributed by atoms with Gasteiger partial charge >= 0.3 is 5.97 Å². The van der Waals surface area contributed by atoms with E-state index in [1.165, 1.54) is 16.7 Å². The van der Waals surface area contributed by atoms with E-state index >= 15 is 0 Å². The molecule has 2 aliphatic rings. The second-order valence-corrected chi connectivity index (χ2v) is 7.41. The van der Waals surface area contributed by atoms with E-state index in [-0.39, 0.29) is 11.2 Å². The van der Waals surface area contributed by atoms with E-state index in [0.29, 0.717) is 12.0 Å². The lowest BCUT2D eigenvalue weighted by atomic mass is 9.63. The summed E-state index contributed by atoms with van der Waals surface area (Å²) in [6, 6.07) is 15.9. The number of carbonyl (C=O) groups excluding carboxylic acids is 1. The van der Waals surface area contributed by atoms with Gasteiger partial charge in [-0.05, 0) is 67.0 Å². The lowest BCUT2D eigenvalue weighted by Crippen LogP contribution is -2.35. The molecule has 0 heterocycles. The zero-order valence-electron chi connectivity index (χ0n) is 14.7. The molecule has 3 heteroatoms. The highest BCUT2D eigenvalue weighted by molar-refractivity contribution is 5.92. The largest absolute Gasteiger partial charge is 0.478 e. The summed E-state index contributed by atoms with van der Waals surface area (Å²) in [6.45, 7) is 0. The van der Waals surface area contributed by atoms with E-state index in [9.17, 15) is 14.7 Å². The molecule has 0 spiro atoms. The minimum Gasteiger partial charge on any atom is -0.478 e. The second-order valence-electron chi connectivity index (χ2n) is 7.41. The first-order valence-corrected chi connectivity index (χ1v) is 9.23. The summed E-state index contributed by atoms with van der Waals surface area (Å²) >= 11 is 0. The number of carbonyl (C=O) groups is 2. The Balaban J connectivity index is 1.89. The van der Waals surface area contributed by atoms with Gasteiger partial charge in [-0.1, -0.05) is 42.0 Å². The van der Waals surface area contributed by atoms with Crippen molar-refractivity contribution in [3.63, 3.8) is 0 Å². The summed E-state index contributed by atoms with van der Waals surface area (Å²) in [5.41, 5.74) is 4.96. The minimum atomic E-state index is -0.885. The highest BCUT2D eigenvalue weighted by Gasteiger charge is 2.41. The van der Waals surface area contributed by atoms with Gasteiger partial charge in [0, 0.05) is 11.8 Å². The van der Waals surface area contributed by atoms with Gasteiger partial charge in [0.2, 0.25) is 0 Å². The zero-order valence-corrected chi connectivity index (χ0v) is 14.7. The Morgan fingerprint density at radius 2 is 1.85 bits per heavy atom. The number of hydrogen-bond donors (Lipinski definition) is 1. The van der Waals surface area contributed by atoms with Crippen LogP contribution in [0.2, 0.25) is 0 Å². The van der Waals surface area contributed by atoms with Crippen molar-refractivity contribution in [3.8, 4) is 0 Å². The van der Waals surface area contributed by atoms with Crippen molar-refractivity contribution < 1.29 is 14.7 Å². The maximum Gasteiger partial charge on any atom is 0.335 e. The Labute approximate surface area is 153 Å². The van der Waals surface area contributed by atoms with Crippen LogP contribution in [0.25, 0.3) is 0 Å². The van der Waals surface area contributed by atoms with Gasteiger partial charge in [0.1, 0.15) is 0 Å². The Bertz CT molecular complexity index is 895. The van der Waals surface area contributed by atoms with Gasteiger partial charge in [0.15, 0.2) is 5.78 Å². The van der Waals surface area contributed by atoms with Crippen LogP contribution in [0.1, 0.15) is 52.7 Å². The van der Waals surface area contributed by atoms with Gasteiger partial charge in [0.25, 0.3) is 0 Å². The van der Waals surface area contributed by atoms with Crippen LogP contribution in [-0.2, 0) is 23.1 Å². The molecule has 0 amide bonds. The molecule has 2 aromatic rings. The number of carboxylic acid groups (broad SMARTS) is 1. The van der Waals surface area contributed by atoms with Gasteiger partial charge in [-0.3, -0.25) is 4.79 Å². The quantitative estimate of drug-likeness (QED) is 0.891. The molecule has 132 valence electrons. The summed E-state index contributed by atoms with van der Waals surface area (Å²) in [6.07, 6.45) is 6.78.